The van der Waals surface area contributed by atoms with E-state index in [1.54, 1.807) is 0 Å². The summed E-state index contributed by atoms with van der Waals surface area (Å²) in [5.41, 5.74) is 2.55. The number of amides is 4. The number of hydrogen-bond donors (Lipinski definition) is 8. The Balaban J connectivity index is 3.67. The Morgan fingerprint density at radius 3 is 1.37 bits per heavy atom. The van der Waals surface area contributed by atoms with Crippen molar-refractivity contribution in [3.05, 3.63) is 0 Å². The van der Waals surface area contributed by atoms with E-state index in [9.17, 15) is 38.7 Å². The molecule has 0 spiro atoms. The third kappa shape index (κ3) is 39.6. The Morgan fingerprint density at radius 2 is 0.905 bits per heavy atom. The number of carbonyl (C=O) groups is 7. The lowest BCUT2D eigenvalue weighted by Crippen LogP contribution is -2.43. The molecule has 2 atom stereocenters. The Kier molecular flexibility index (Phi) is 39.7. The Bertz CT molecular complexity index is 1240. The monoisotopic (exact) mass is 903 g/mol. The van der Waals surface area contributed by atoms with Gasteiger partial charge in [-0.2, -0.15) is 0 Å². The van der Waals surface area contributed by atoms with Crippen molar-refractivity contribution < 1.29 is 62.7 Å². The number of ether oxygens (including phenoxy) is 4. The summed E-state index contributed by atoms with van der Waals surface area (Å²) in [6.07, 6.45) is 17.5. The van der Waals surface area contributed by atoms with Crippen LogP contribution in [-0.2, 0) is 52.5 Å². The standard InChI is InChI=1S/C44H82N6O13/c1-35(2)43(57)36(50-45)19-17-18-24-46-40(53)33-62-31-30-61-28-26-48-41(54)34-63-32-29-60-27-25-47-38(51)23-22-37(44(58)59)49-39(52)20-15-13-11-9-7-5-3-4-6-8-10-12-14-16-21-42(55)56/h35-37,50H,3-34,45H2,1-2H3,(H,46,53)(H,47,51)(H,48,54)(H,49,52)(H,55,56)(H,58,59). The predicted octanol–water partition coefficient (Wildman–Crippen LogP) is 3.30. The van der Waals surface area contributed by atoms with Gasteiger partial charge in [0, 0.05) is 44.8 Å². The maximum atomic E-state index is 12.3. The molecule has 366 valence electrons. The molecule has 0 aromatic heterocycles. The second kappa shape index (κ2) is 42.2. The molecule has 0 heterocycles. The van der Waals surface area contributed by atoms with Gasteiger partial charge in [-0.15, -0.1) is 0 Å². The summed E-state index contributed by atoms with van der Waals surface area (Å²) >= 11 is 0. The number of hydrazine groups is 1. The molecule has 0 aliphatic carbocycles. The molecule has 63 heavy (non-hydrogen) atoms. The van der Waals surface area contributed by atoms with E-state index >= 15 is 0 Å². The van der Waals surface area contributed by atoms with Gasteiger partial charge in [0.25, 0.3) is 0 Å². The maximum absolute atomic E-state index is 12.3. The van der Waals surface area contributed by atoms with E-state index < -0.39 is 18.0 Å². The maximum Gasteiger partial charge on any atom is 0.326 e. The SMILES string of the molecule is CC(C)C(=O)C(CCCCNC(=O)COCCOCCNC(=O)COCCOCCNC(=O)CCC(NC(=O)CCCCCCCCCCCCCCCCC(=O)O)C(=O)O)NN. The third-order valence-corrected chi connectivity index (χ3v) is 10.0. The molecule has 0 aliphatic heterocycles. The molecule has 9 N–H and O–H groups in total. The van der Waals surface area contributed by atoms with Crippen LogP contribution in [0.15, 0.2) is 0 Å². The van der Waals surface area contributed by atoms with Crippen molar-refractivity contribution in [2.45, 2.75) is 161 Å². The number of carbonyl (C=O) groups excluding carboxylic acids is 5. The molecular weight excluding hydrogens is 821 g/mol. The van der Waals surface area contributed by atoms with Crippen LogP contribution in [-0.4, -0.2) is 136 Å². The van der Waals surface area contributed by atoms with Crippen LogP contribution in [0.5, 0.6) is 0 Å². The Hall–Kier alpha value is -3.75. The number of rotatable bonds is 46. The number of carboxylic acids is 2. The van der Waals surface area contributed by atoms with E-state index in [-0.39, 0.29) is 133 Å². The van der Waals surface area contributed by atoms with Gasteiger partial charge in [0.1, 0.15) is 19.3 Å². The van der Waals surface area contributed by atoms with Crippen molar-refractivity contribution >= 4 is 41.4 Å². The number of aliphatic carboxylic acids is 2. The number of nitrogens with one attached hydrogen (secondary N) is 5. The highest BCUT2D eigenvalue weighted by molar-refractivity contribution is 5.85. The highest BCUT2D eigenvalue weighted by Crippen LogP contribution is 2.14. The average molecular weight is 903 g/mol. The van der Waals surface area contributed by atoms with E-state index in [2.05, 4.69) is 26.7 Å². The van der Waals surface area contributed by atoms with Crippen molar-refractivity contribution in [3.63, 3.8) is 0 Å². The van der Waals surface area contributed by atoms with Crippen LogP contribution in [0.3, 0.4) is 0 Å². The van der Waals surface area contributed by atoms with Gasteiger partial charge in [0.05, 0.1) is 45.7 Å². The lowest BCUT2D eigenvalue weighted by molar-refractivity contribution is -0.142. The van der Waals surface area contributed by atoms with Gasteiger partial charge in [-0.05, 0) is 38.5 Å². The van der Waals surface area contributed by atoms with Crippen molar-refractivity contribution in [1.29, 1.82) is 0 Å². The van der Waals surface area contributed by atoms with E-state index in [0.717, 1.165) is 44.9 Å². The van der Waals surface area contributed by atoms with Gasteiger partial charge in [0.2, 0.25) is 23.6 Å². The second-order valence-corrected chi connectivity index (χ2v) is 16.0. The molecule has 0 fully saturated rings. The summed E-state index contributed by atoms with van der Waals surface area (Å²) in [5.74, 6) is 2.29. The topological polar surface area (TPSA) is 283 Å². The molecule has 0 saturated carbocycles. The third-order valence-electron chi connectivity index (χ3n) is 10.0. The largest absolute Gasteiger partial charge is 0.481 e. The van der Waals surface area contributed by atoms with E-state index in [4.69, 9.17) is 29.9 Å². The summed E-state index contributed by atoms with van der Waals surface area (Å²) in [4.78, 5) is 82.5. The van der Waals surface area contributed by atoms with Crippen LogP contribution in [0.1, 0.15) is 149 Å². The number of unbranched alkanes of at least 4 members (excludes halogenated alkanes) is 14. The first-order valence-electron chi connectivity index (χ1n) is 23.2. The van der Waals surface area contributed by atoms with Crippen molar-refractivity contribution in [2.75, 3.05) is 72.5 Å². The summed E-state index contributed by atoms with van der Waals surface area (Å²) in [6, 6.07) is -1.53. The minimum absolute atomic E-state index is 0.0285. The molecule has 0 radical (unpaired) electrons. The number of nitrogens with two attached hydrogens (primary N) is 1. The van der Waals surface area contributed by atoms with Gasteiger partial charge in [-0.3, -0.25) is 34.6 Å². The van der Waals surface area contributed by atoms with Crippen LogP contribution in [0, 0.1) is 5.92 Å². The number of Topliss-reactive ketones (excluding diaryl/α,β-unsaturated/α-hetero) is 1. The lowest BCUT2D eigenvalue weighted by Gasteiger charge is -2.16. The zero-order valence-electron chi connectivity index (χ0n) is 38.3. The Morgan fingerprint density at radius 1 is 0.460 bits per heavy atom. The molecule has 0 bridgehead atoms. The average Bonchev–Trinajstić information content (AvgIpc) is 3.24. The summed E-state index contributed by atoms with van der Waals surface area (Å²) < 4.78 is 21.4. The van der Waals surface area contributed by atoms with Crippen LogP contribution < -0.4 is 32.5 Å². The number of ketones is 1. The van der Waals surface area contributed by atoms with Gasteiger partial charge in [-0.1, -0.05) is 90.9 Å². The molecule has 19 nitrogen and oxygen atoms in total. The fourth-order valence-corrected chi connectivity index (χ4v) is 6.38. The van der Waals surface area contributed by atoms with Crippen LogP contribution >= 0.6 is 0 Å². The molecule has 19 heteroatoms. The highest BCUT2D eigenvalue weighted by Gasteiger charge is 2.21. The summed E-state index contributed by atoms with van der Waals surface area (Å²) in [5, 5.41) is 28.8. The molecule has 0 saturated heterocycles. The summed E-state index contributed by atoms with van der Waals surface area (Å²) in [7, 11) is 0. The van der Waals surface area contributed by atoms with Crippen LogP contribution in [0.2, 0.25) is 0 Å². The number of carboxylic acid groups (broad SMARTS) is 2. The summed E-state index contributed by atoms with van der Waals surface area (Å²) in [6.45, 7) is 5.64. The molecular formula is C44H82N6O13. The zero-order valence-corrected chi connectivity index (χ0v) is 38.3. The fourth-order valence-electron chi connectivity index (χ4n) is 6.38. The smallest absolute Gasteiger partial charge is 0.326 e. The molecule has 4 amide bonds. The second-order valence-electron chi connectivity index (χ2n) is 16.0. The van der Waals surface area contributed by atoms with E-state index in [1.807, 2.05) is 13.8 Å². The van der Waals surface area contributed by atoms with Gasteiger partial charge in [0.15, 0.2) is 5.78 Å². The van der Waals surface area contributed by atoms with Crippen LogP contribution in [0.25, 0.3) is 0 Å². The normalized spacial score (nSPS) is 12.1. The quantitative estimate of drug-likeness (QED) is 0.0247. The highest BCUT2D eigenvalue weighted by atomic mass is 16.5. The minimum Gasteiger partial charge on any atom is -0.481 e. The molecule has 2 unspecified atom stereocenters. The van der Waals surface area contributed by atoms with E-state index in [0.29, 0.717) is 25.8 Å². The first-order valence-corrected chi connectivity index (χ1v) is 23.2. The lowest BCUT2D eigenvalue weighted by atomic mass is 9.98. The van der Waals surface area contributed by atoms with Gasteiger partial charge in [-0.25, -0.2) is 10.2 Å². The first kappa shape index (κ1) is 59.2. The minimum atomic E-state index is -1.18. The van der Waals surface area contributed by atoms with Crippen molar-refractivity contribution in [3.8, 4) is 0 Å². The van der Waals surface area contributed by atoms with E-state index in [1.165, 1.54) is 44.9 Å². The van der Waals surface area contributed by atoms with Gasteiger partial charge >= 0.3 is 11.9 Å². The first-order chi connectivity index (χ1) is 30.4. The molecule has 0 aliphatic rings. The Labute approximate surface area is 375 Å². The molecule has 0 aromatic carbocycles. The molecule has 0 aromatic rings. The number of hydrogen-bond acceptors (Lipinski definition) is 13. The van der Waals surface area contributed by atoms with Crippen LogP contribution in [0.4, 0.5) is 0 Å². The van der Waals surface area contributed by atoms with Crippen molar-refractivity contribution in [2.24, 2.45) is 11.8 Å². The molecule has 0 rings (SSSR count). The zero-order chi connectivity index (χ0) is 46.8. The van der Waals surface area contributed by atoms with Gasteiger partial charge < -0.3 is 50.4 Å². The predicted molar refractivity (Wildman–Crippen MR) is 237 cm³/mol. The fraction of sp³-hybridized carbons (Fsp3) is 0.841. The van der Waals surface area contributed by atoms with Crippen molar-refractivity contribution in [1.82, 2.24) is 26.7 Å².